The Morgan fingerprint density at radius 3 is 2.62 bits per heavy atom. The largest absolute Gasteiger partial charge is 0.465 e. The van der Waals surface area contributed by atoms with E-state index in [9.17, 15) is 9.59 Å². The number of rotatable bonds is 4. The van der Waals surface area contributed by atoms with Gasteiger partial charge in [-0.15, -0.1) is 10.2 Å². The van der Waals surface area contributed by atoms with Gasteiger partial charge in [-0.1, -0.05) is 11.6 Å². The van der Waals surface area contributed by atoms with Gasteiger partial charge in [0.05, 0.1) is 18.6 Å². The van der Waals surface area contributed by atoms with Crippen LogP contribution < -0.4 is 10.2 Å². The average Bonchev–Trinajstić information content (AvgIpc) is 2.68. The minimum Gasteiger partial charge on any atom is -0.465 e. The van der Waals surface area contributed by atoms with Gasteiger partial charge >= 0.3 is 5.97 Å². The molecular weight excluding hydrogens is 356 g/mol. The zero-order chi connectivity index (χ0) is 18.5. The van der Waals surface area contributed by atoms with Crippen molar-refractivity contribution < 1.29 is 14.3 Å². The fraction of sp³-hybridized carbons (Fsp3) is 0.333. The third-order valence-electron chi connectivity index (χ3n) is 4.31. The molecule has 1 aliphatic rings. The molecule has 0 aliphatic carbocycles. The lowest BCUT2D eigenvalue weighted by Gasteiger charge is -2.32. The number of ether oxygens (including phenoxy) is 1. The molecule has 1 unspecified atom stereocenters. The van der Waals surface area contributed by atoms with Crippen molar-refractivity contribution in [2.45, 2.75) is 12.8 Å². The van der Waals surface area contributed by atoms with Crippen LogP contribution in [-0.4, -0.2) is 42.3 Å². The third-order valence-corrected chi connectivity index (χ3v) is 4.51. The second-order valence-electron chi connectivity index (χ2n) is 6.06. The lowest BCUT2D eigenvalue weighted by atomic mass is 9.97. The highest BCUT2D eigenvalue weighted by Gasteiger charge is 2.26. The average molecular weight is 375 g/mol. The smallest absolute Gasteiger partial charge is 0.337 e. The number of piperidine rings is 1. The van der Waals surface area contributed by atoms with Gasteiger partial charge in [-0.05, 0) is 49.2 Å². The van der Waals surface area contributed by atoms with Crippen molar-refractivity contribution in [2.75, 3.05) is 30.4 Å². The van der Waals surface area contributed by atoms with Crippen molar-refractivity contribution >= 4 is 35.0 Å². The predicted molar refractivity (Wildman–Crippen MR) is 98.4 cm³/mol. The summed E-state index contributed by atoms with van der Waals surface area (Å²) in [6, 6.07) is 10.1. The summed E-state index contributed by atoms with van der Waals surface area (Å²) in [5, 5.41) is 11.2. The lowest BCUT2D eigenvalue weighted by molar-refractivity contribution is -0.120. The van der Waals surface area contributed by atoms with Crippen LogP contribution in [0.1, 0.15) is 23.2 Å². The van der Waals surface area contributed by atoms with Gasteiger partial charge in [0.2, 0.25) is 5.91 Å². The van der Waals surface area contributed by atoms with E-state index in [1.807, 2.05) is 4.90 Å². The van der Waals surface area contributed by atoms with Crippen LogP contribution >= 0.6 is 11.6 Å². The Balaban J connectivity index is 1.62. The second kappa shape index (κ2) is 8.14. The van der Waals surface area contributed by atoms with Gasteiger partial charge in [-0.3, -0.25) is 4.79 Å². The van der Waals surface area contributed by atoms with Crippen molar-refractivity contribution in [1.29, 1.82) is 0 Å². The molecule has 1 atom stereocenters. The molecule has 2 aromatic rings. The zero-order valence-electron chi connectivity index (χ0n) is 14.3. The molecule has 8 heteroatoms. The van der Waals surface area contributed by atoms with Crippen molar-refractivity contribution in [3.05, 3.63) is 47.1 Å². The predicted octanol–water partition coefficient (Wildman–Crippen LogP) is 2.77. The molecule has 1 fully saturated rings. The van der Waals surface area contributed by atoms with Crippen molar-refractivity contribution in [3.8, 4) is 0 Å². The Morgan fingerprint density at radius 2 is 1.96 bits per heavy atom. The summed E-state index contributed by atoms with van der Waals surface area (Å²) >= 11 is 5.77. The summed E-state index contributed by atoms with van der Waals surface area (Å²) in [5.41, 5.74) is 1.08. The number of hydrogen-bond donors (Lipinski definition) is 1. The SMILES string of the molecule is COC(=O)c1ccc(NC(=O)C2CCCN(c3ccc(Cl)nn3)C2)cc1. The number of halogens is 1. The van der Waals surface area contributed by atoms with Gasteiger partial charge in [0.1, 0.15) is 0 Å². The van der Waals surface area contributed by atoms with Crippen LogP contribution in [0.15, 0.2) is 36.4 Å². The van der Waals surface area contributed by atoms with Crippen molar-refractivity contribution in [3.63, 3.8) is 0 Å². The van der Waals surface area contributed by atoms with E-state index in [0.717, 1.165) is 19.4 Å². The first-order valence-corrected chi connectivity index (χ1v) is 8.68. The molecular formula is C18H19ClN4O3. The van der Waals surface area contributed by atoms with E-state index in [2.05, 4.69) is 20.3 Å². The quantitative estimate of drug-likeness (QED) is 0.828. The molecule has 1 N–H and O–H groups in total. The van der Waals surface area contributed by atoms with Crippen LogP contribution in [0.5, 0.6) is 0 Å². The number of amides is 1. The number of methoxy groups -OCH3 is 1. The Labute approximate surface area is 156 Å². The van der Waals surface area contributed by atoms with Gasteiger partial charge in [0.25, 0.3) is 0 Å². The molecule has 1 amide bonds. The maximum absolute atomic E-state index is 12.6. The van der Waals surface area contributed by atoms with Crippen LogP contribution in [0.25, 0.3) is 0 Å². The number of nitrogens with one attached hydrogen (secondary N) is 1. The first-order valence-electron chi connectivity index (χ1n) is 8.30. The van der Waals surface area contributed by atoms with E-state index in [4.69, 9.17) is 11.6 Å². The molecule has 1 saturated heterocycles. The molecule has 0 spiro atoms. The highest BCUT2D eigenvalue weighted by molar-refractivity contribution is 6.29. The molecule has 1 aliphatic heterocycles. The summed E-state index contributed by atoms with van der Waals surface area (Å²) in [7, 11) is 1.33. The minimum absolute atomic E-state index is 0.0533. The number of hydrogen-bond acceptors (Lipinski definition) is 6. The Morgan fingerprint density at radius 1 is 1.19 bits per heavy atom. The fourth-order valence-electron chi connectivity index (χ4n) is 2.93. The van der Waals surface area contributed by atoms with E-state index in [1.165, 1.54) is 7.11 Å². The molecule has 2 heterocycles. The molecule has 0 radical (unpaired) electrons. The van der Waals surface area contributed by atoms with E-state index in [0.29, 0.717) is 28.8 Å². The van der Waals surface area contributed by atoms with Crippen LogP contribution in [-0.2, 0) is 9.53 Å². The third kappa shape index (κ3) is 4.29. The zero-order valence-corrected chi connectivity index (χ0v) is 15.1. The normalized spacial score (nSPS) is 16.8. The van der Waals surface area contributed by atoms with Gasteiger partial charge in [-0.25, -0.2) is 4.79 Å². The number of carbonyl (C=O) groups is 2. The van der Waals surface area contributed by atoms with Crippen molar-refractivity contribution in [1.82, 2.24) is 10.2 Å². The molecule has 3 rings (SSSR count). The van der Waals surface area contributed by atoms with Gasteiger partial charge < -0.3 is 15.0 Å². The highest BCUT2D eigenvalue weighted by Crippen LogP contribution is 2.23. The summed E-state index contributed by atoms with van der Waals surface area (Å²) in [5.74, 6) is 0.105. The van der Waals surface area contributed by atoms with Gasteiger partial charge in [-0.2, -0.15) is 0 Å². The number of esters is 1. The first-order chi connectivity index (χ1) is 12.6. The molecule has 0 saturated carbocycles. The lowest BCUT2D eigenvalue weighted by Crippen LogP contribution is -2.41. The number of aromatic nitrogens is 2. The number of benzene rings is 1. The topological polar surface area (TPSA) is 84.4 Å². The van der Waals surface area contributed by atoms with Crippen LogP contribution in [0.4, 0.5) is 11.5 Å². The highest BCUT2D eigenvalue weighted by atomic mass is 35.5. The monoisotopic (exact) mass is 374 g/mol. The minimum atomic E-state index is -0.408. The van der Waals surface area contributed by atoms with Crippen LogP contribution in [0.2, 0.25) is 5.15 Å². The maximum atomic E-state index is 12.6. The Hall–Kier alpha value is -2.67. The van der Waals surface area contributed by atoms with E-state index in [1.54, 1.807) is 36.4 Å². The summed E-state index contributed by atoms with van der Waals surface area (Å²) in [6.45, 7) is 1.40. The maximum Gasteiger partial charge on any atom is 0.337 e. The van der Waals surface area contributed by atoms with E-state index < -0.39 is 5.97 Å². The standard InChI is InChI=1S/C18H19ClN4O3/c1-26-18(25)12-4-6-14(7-5-12)20-17(24)13-3-2-10-23(11-13)16-9-8-15(19)21-22-16/h4-9,13H,2-3,10-11H2,1H3,(H,20,24). The van der Waals surface area contributed by atoms with E-state index >= 15 is 0 Å². The Kier molecular flexibility index (Phi) is 5.68. The summed E-state index contributed by atoms with van der Waals surface area (Å²) < 4.78 is 4.66. The van der Waals surface area contributed by atoms with Crippen LogP contribution in [0, 0.1) is 5.92 Å². The number of nitrogens with zero attached hydrogens (tertiary/aromatic N) is 3. The van der Waals surface area contributed by atoms with Gasteiger partial charge in [0.15, 0.2) is 11.0 Å². The molecule has 1 aromatic carbocycles. The molecule has 136 valence electrons. The molecule has 1 aromatic heterocycles. The Bertz CT molecular complexity index is 780. The first kappa shape index (κ1) is 18.1. The molecule has 26 heavy (non-hydrogen) atoms. The molecule has 0 bridgehead atoms. The van der Waals surface area contributed by atoms with Gasteiger partial charge in [0, 0.05) is 18.8 Å². The summed E-state index contributed by atoms with van der Waals surface area (Å²) in [6.07, 6.45) is 1.70. The number of anilines is 2. The second-order valence-corrected chi connectivity index (χ2v) is 6.44. The van der Waals surface area contributed by atoms with Crippen molar-refractivity contribution in [2.24, 2.45) is 5.92 Å². The molecule has 7 nitrogen and oxygen atoms in total. The number of carbonyl (C=O) groups excluding carboxylic acids is 2. The summed E-state index contributed by atoms with van der Waals surface area (Å²) in [4.78, 5) is 26.1. The fourth-order valence-corrected chi connectivity index (χ4v) is 3.03. The van der Waals surface area contributed by atoms with Crippen LogP contribution in [0.3, 0.4) is 0 Å². The van der Waals surface area contributed by atoms with E-state index in [-0.39, 0.29) is 11.8 Å².